The molecule has 0 aliphatic carbocycles. The first-order chi connectivity index (χ1) is 16.4. The summed E-state index contributed by atoms with van der Waals surface area (Å²) in [6, 6.07) is 13.3. The van der Waals surface area contributed by atoms with Crippen LogP contribution in [0.4, 0.5) is 0 Å². The molecule has 34 heavy (non-hydrogen) atoms. The number of rotatable bonds is 12. The average molecular weight is 467 g/mol. The zero-order valence-electron chi connectivity index (χ0n) is 19.5. The van der Waals surface area contributed by atoms with Crippen molar-refractivity contribution in [2.75, 3.05) is 19.6 Å². The van der Waals surface area contributed by atoms with E-state index >= 15 is 0 Å². The Kier molecular flexibility index (Phi) is 9.16. The van der Waals surface area contributed by atoms with Crippen LogP contribution in [0.15, 0.2) is 42.5 Å². The summed E-state index contributed by atoms with van der Waals surface area (Å²) in [4.78, 5) is 51.7. The Morgan fingerprint density at radius 2 is 1.82 bits per heavy atom. The number of ketones is 1. The van der Waals surface area contributed by atoms with Gasteiger partial charge in [0.1, 0.15) is 0 Å². The second-order valence-corrected chi connectivity index (χ2v) is 8.90. The molecule has 2 atom stereocenters. The molecule has 8 nitrogen and oxygen atoms in total. The molecule has 0 spiro atoms. The molecule has 0 bridgehead atoms. The minimum absolute atomic E-state index is 0.0257. The van der Waals surface area contributed by atoms with Crippen LogP contribution in [0.2, 0.25) is 0 Å². The lowest BCUT2D eigenvalue weighted by Crippen LogP contribution is -2.43. The number of Topliss-reactive ketones (excluding diaryl/α,β-unsaturated/α-hetero) is 1. The van der Waals surface area contributed by atoms with Crippen LogP contribution in [0.5, 0.6) is 0 Å². The van der Waals surface area contributed by atoms with Gasteiger partial charge in [-0.2, -0.15) is 0 Å². The Labute approximate surface area is 200 Å². The van der Waals surface area contributed by atoms with Gasteiger partial charge in [0.15, 0.2) is 5.78 Å². The normalized spacial score (nSPS) is 16.4. The van der Waals surface area contributed by atoms with Gasteiger partial charge in [0.05, 0.1) is 19.0 Å². The molecule has 3 rings (SSSR count). The number of unbranched alkanes of at least 4 members (excludes halogenated alkanes) is 1. The van der Waals surface area contributed by atoms with E-state index < -0.39 is 17.9 Å². The Morgan fingerprint density at radius 1 is 1.06 bits per heavy atom. The number of nitrogens with zero attached hydrogens (tertiary/aromatic N) is 1. The summed E-state index contributed by atoms with van der Waals surface area (Å²) < 4.78 is 0. The zero-order valence-corrected chi connectivity index (χ0v) is 19.5. The highest BCUT2D eigenvalue weighted by Crippen LogP contribution is 2.25. The molecule has 2 aromatic rings. The number of carbonyl (C=O) groups excluding carboxylic acids is 4. The first kappa shape index (κ1) is 25.4. The second kappa shape index (κ2) is 12.3. The van der Waals surface area contributed by atoms with Gasteiger partial charge in [-0.05, 0) is 48.6 Å². The number of hydrogen-bond acceptors (Lipinski definition) is 5. The molecule has 0 aromatic heterocycles. The SMILES string of the molecule is NCCCC[C@H](CC(=O)[C@@H]1CCCN1C(=O)Cc1cccc2ccccc12)C(=O)NCC(N)=O. The van der Waals surface area contributed by atoms with Gasteiger partial charge >= 0.3 is 0 Å². The fourth-order valence-electron chi connectivity index (χ4n) is 4.67. The van der Waals surface area contributed by atoms with Gasteiger partial charge in [-0.15, -0.1) is 0 Å². The lowest BCUT2D eigenvalue weighted by molar-refractivity contribution is -0.138. The summed E-state index contributed by atoms with van der Waals surface area (Å²) >= 11 is 0. The van der Waals surface area contributed by atoms with Crippen molar-refractivity contribution in [2.45, 2.75) is 51.0 Å². The summed E-state index contributed by atoms with van der Waals surface area (Å²) in [5.41, 5.74) is 11.6. The van der Waals surface area contributed by atoms with Crippen LogP contribution < -0.4 is 16.8 Å². The molecule has 3 amide bonds. The lowest BCUT2D eigenvalue weighted by Gasteiger charge is -2.26. The monoisotopic (exact) mass is 466 g/mol. The second-order valence-electron chi connectivity index (χ2n) is 8.90. The minimum atomic E-state index is -0.638. The fourth-order valence-corrected chi connectivity index (χ4v) is 4.67. The van der Waals surface area contributed by atoms with Crippen molar-refractivity contribution in [3.05, 3.63) is 48.0 Å². The van der Waals surface area contributed by atoms with Crippen LogP contribution in [-0.2, 0) is 25.6 Å². The number of likely N-dealkylation sites (tertiary alicyclic amines) is 1. The summed E-state index contributed by atoms with van der Waals surface area (Å²) in [6.07, 6.45) is 3.54. The van der Waals surface area contributed by atoms with E-state index in [4.69, 9.17) is 11.5 Å². The van der Waals surface area contributed by atoms with E-state index in [0.29, 0.717) is 32.4 Å². The van der Waals surface area contributed by atoms with E-state index in [2.05, 4.69) is 5.32 Å². The van der Waals surface area contributed by atoms with Gasteiger partial charge in [0, 0.05) is 18.9 Å². The number of primary amides is 1. The third-order valence-electron chi connectivity index (χ3n) is 6.43. The van der Waals surface area contributed by atoms with Crippen LogP contribution in [0.3, 0.4) is 0 Å². The van der Waals surface area contributed by atoms with Crippen LogP contribution >= 0.6 is 0 Å². The molecule has 2 aromatic carbocycles. The quantitative estimate of drug-likeness (QED) is 0.409. The number of fused-ring (bicyclic) bond motifs is 1. The fraction of sp³-hybridized carbons (Fsp3) is 0.462. The van der Waals surface area contributed by atoms with E-state index in [0.717, 1.165) is 29.2 Å². The highest BCUT2D eigenvalue weighted by Gasteiger charge is 2.35. The molecule has 0 saturated carbocycles. The predicted molar refractivity (Wildman–Crippen MR) is 131 cm³/mol. The van der Waals surface area contributed by atoms with E-state index in [9.17, 15) is 19.2 Å². The minimum Gasteiger partial charge on any atom is -0.368 e. The van der Waals surface area contributed by atoms with Crippen molar-refractivity contribution in [1.29, 1.82) is 0 Å². The number of hydrogen-bond donors (Lipinski definition) is 3. The van der Waals surface area contributed by atoms with Crippen LogP contribution in [-0.4, -0.2) is 54.1 Å². The molecule has 0 radical (unpaired) electrons. The molecule has 5 N–H and O–H groups in total. The molecular formula is C26H34N4O4. The van der Waals surface area contributed by atoms with Gasteiger partial charge in [-0.1, -0.05) is 48.9 Å². The Morgan fingerprint density at radius 3 is 2.59 bits per heavy atom. The topological polar surface area (TPSA) is 136 Å². The third kappa shape index (κ3) is 6.63. The number of nitrogens with one attached hydrogen (secondary N) is 1. The Balaban J connectivity index is 1.67. The molecular weight excluding hydrogens is 432 g/mol. The van der Waals surface area contributed by atoms with E-state index in [-0.39, 0.29) is 37.0 Å². The highest BCUT2D eigenvalue weighted by atomic mass is 16.2. The molecule has 1 saturated heterocycles. The summed E-state index contributed by atoms with van der Waals surface area (Å²) in [5.74, 6) is -1.77. The Hall–Kier alpha value is -3.26. The largest absolute Gasteiger partial charge is 0.368 e. The van der Waals surface area contributed by atoms with Crippen molar-refractivity contribution in [1.82, 2.24) is 10.2 Å². The smallest absolute Gasteiger partial charge is 0.236 e. The summed E-state index contributed by atoms with van der Waals surface area (Å²) in [5, 5.41) is 4.62. The van der Waals surface area contributed by atoms with Gasteiger partial charge in [0.2, 0.25) is 17.7 Å². The van der Waals surface area contributed by atoms with E-state index in [1.165, 1.54) is 0 Å². The van der Waals surface area contributed by atoms with E-state index in [1.54, 1.807) is 4.90 Å². The van der Waals surface area contributed by atoms with Crippen molar-refractivity contribution in [2.24, 2.45) is 17.4 Å². The number of nitrogens with two attached hydrogens (primary N) is 2. The summed E-state index contributed by atoms with van der Waals surface area (Å²) in [7, 11) is 0. The molecule has 1 heterocycles. The first-order valence-electron chi connectivity index (χ1n) is 12.0. The van der Waals surface area contributed by atoms with Crippen molar-refractivity contribution >= 4 is 34.3 Å². The highest BCUT2D eigenvalue weighted by molar-refractivity contribution is 5.95. The first-order valence-corrected chi connectivity index (χ1v) is 12.0. The molecule has 1 fully saturated rings. The van der Waals surface area contributed by atoms with Gasteiger partial charge in [0.25, 0.3) is 0 Å². The van der Waals surface area contributed by atoms with Gasteiger partial charge < -0.3 is 21.7 Å². The number of amides is 3. The number of benzene rings is 2. The standard InChI is InChI=1S/C26H34N4O4/c27-13-4-3-8-20(26(34)29-17-24(28)32)15-23(31)22-12-6-14-30(22)25(33)16-19-10-5-9-18-7-1-2-11-21(18)19/h1-2,5,7,9-11,20,22H,3-4,6,8,12-17,27H2,(H2,28,32)(H,29,34)/t20-,22+/m1/s1. The molecule has 8 heteroatoms. The maximum absolute atomic E-state index is 13.2. The molecule has 0 unspecified atom stereocenters. The maximum atomic E-state index is 13.2. The molecule has 1 aliphatic rings. The van der Waals surface area contributed by atoms with E-state index in [1.807, 2.05) is 42.5 Å². The summed E-state index contributed by atoms with van der Waals surface area (Å²) in [6.45, 7) is 0.772. The molecule has 182 valence electrons. The van der Waals surface area contributed by atoms with Gasteiger partial charge in [-0.3, -0.25) is 19.2 Å². The van der Waals surface area contributed by atoms with Crippen molar-refractivity contribution < 1.29 is 19.2 Å². The molecule has 1 aliphatic heterocycles. The lowest BCUT2D eigenvalue weighted by atomic mass is 9.91. The van der Waals surface area contributed by atoms with Crippen molar-refractivity contribution in [3.63, 3.8) is 0 Å². The zero-order chi connectivity index (χ0) is 24.5. The van der Waals surface area contributed by atoms with Crippen LogP contribution in [0.25, 0.3) is 10.8 Å². The number of carbonyl (C=O) groups is 4. The third-order valence-corrected chi connectivity index (χ3v) is 6.43. The van der Waals surface area contributed by atoms with Crippen molar-refractivity contribution in [3.8, 4) is 0 Å². The Bertz CT molecular complexity index is 1030. The van der Waals surface area contributed by atoms with Crippen LogP contribution in [0.1, 0.15) is 44.1 Å². The van der Waals surface area contributed by atoms with Gasteiger partial charge in [-0.25, -0.2) is 0 Å². The predicted octanol–water partition coefficient (Wildman–Crippen LogP) is 1.68. The maximum Gasteiger partial charge on any atom is 0.236 e. The van der Waals surface area contributed by atoms with Crippen LogP contribution in [0, 0.1) is 5.92 Å². The average Bonchev–Trinajstić information content (AvgIpc) is 3.32.